The summed E-state index contributed by atoms with van der Waals surface area (Å²) < 4.78 is 27.7. The first-order chi connectivity index (χ1) is 17.8. The van der Waals surface area contributed by atoms with Gasteiger partial charge in [0.2, 0.25) is 0 Å². The van der Waals surface area contributed by atoms with E-state index in [1.807, 2.05) is 18.2 Å². The molecule has 202 valence electrons. The molecule has 3 aliphatic rings. The van der Waals surface area contributed by atoms with Crippen LogP contribution in [0.5, 0.6) is 0 Å². The average Bonchev–Trinajstić information content (AvgIpc) is 3.70. The molecule has 1 aliphatic heterocycles. The fraction of sp³-hybridized carbons (Fsp3) is 0.577. The van der Waals surface area contributed by atoms with Crippen LogP contribution in [-0.4, -0.2) is 74.4 Å². The summed E-state index contributed by atoms with van der Waals surface area (Å²) in [4.78, 5) is 24.1. The van der Waals surface area contributed by atoms with Crippen molar-refractivity contribution in [3.05, 3.63) is 36.0 Å². The molecule has 2 saturated carbocycles. The van der Waals surface area contributed by atoms with E-state index in [1.54, 1.807) is 12.1 Å². The van der Waals surface area contributed by atoms with Crippen LogP contribution in [0.1, 0.15) is 51.1 Å². The lowest BCUT2D eigenvalue weighted by Gasteiger charge is -2.56. The molecule has 1 aromatic carbocycles. The van der Waals surface area contributed by atoms with Crippen LogP contribution in [0.25, 0.3) is 11.4 Å². The van der Waals surface area contributed by atoms with E-state index in [9.17, 15) is 13.9 Å². The minimum absolute atomic E-state index is 0.0242. The molecule has 2 aromatic rings. The van der Waals surface area contributed by atoms with Crippen molar-refractivity contribution in [1.82, 2.24) is 15.3 Å². The Hall–Kier alpha value is -2.44. The van der Waals surface area contributed by atoms with Gasteiger partial charge in [0.15, 0.2) is 5.82 Å². The van der Waals surface area contributed by atoms with Crippen molar-refractivity contribution < 1.29 is 23.7 Å². The summed E-state index contributed by atoms with van der Waals surface area (Å²) in [6.07, 6.45) is 4.60. The molecule has 3 fully saturated rings. The maximum absolute atomic E-state index is 12.1. The number of hydrogen-bond donors (Lipinski definition) is 5. The van der Waals surface area contributed by atoms with Crippen LogP contribution >= 0.6 is 10.6 Å². The van der Waals surface area contributed by atoms with Crippen molar-refractivity contribution >= 4 is 28.1 Å². The number of aliphatic hydroxyl groups is 1. The Morgan fingerprint density at radius 2 is 1.97 bits per heavy atom. The SMILES string of the molecule is C[C@H]1COCCN1c1cc(C2(S(O)(O)C3CC3)CCC2)nc(-c2ccc(NC(=O)NCCCO)cc2)n1. The van der Waals surface area contributed by atoms with Crippen LogP contribution < -0.4 is 15.5 Å². The van der Waals surface area contributed by atoms with Gasteiger partial charge in [-0.05, 0) is 69.7 Å². The summed E-state index contributed by atoms with van der Waals surface area (Å²) in [5, 5.41) is 14.3. The standard InChI is InChI=1S/C26H37N5O5S/c1-18-17-36-15-13-31(18)23-16-22(26(10-2-11-26)37(34,35)21-8-9-21)29-24(30-23)19-4-6-20(7-5-19)28-25(33)27-12-3-14-32/h4-7,16,18,21,32,34-35H,2-3,8-15,17H2,1H3,(H2,27,28,33)/t18-/m0/s1. The zero-order valence-corrected chi connectivity index (χ0v) is 22.0. The zero-order chi connectivity index (χ0) is 26.0. The van der Waals surface area contributed by atoms with E-state index < -0.39 is 15.3 Å². The summed E-state index contributed by atoms with van der Waals surface area (Å²) in [5.74, 6) is 1.31. The van der Waals surface area contributed by atoms with E-state index >= 15 is 0 Å². The highest BCUT2D eigenvalue weighted by Crippen LogP contribution is 2.74. The van der Waals surface area contributed by atoms with Crippen molar-refractivity contribution in [2.45, 2.75) is 61.5 Å². The van der Waals surface area contributed by atoms with Gasteiger partial charge in [0.05, 0.1) is 24.9 Å². The van der Waals surface area contributed by atoms with Gasteiger partial charge in [-0.25, -0.2) is 14.8 Å². The van der Waals surface area contributed by atoms with E-state index in [-0.39, 0.29) is 23.9 Å². The van der Waals surface area contributed by atoms with Crippen LogP contribution in [0, 0.1) is 0 Å². The third-order valence-electron chi connectivity index (χ3n) is 7.59. The van der Waals surface area contributed by atoms with E-state index in [1.165, 1.54) is 0 Å². The van der Waals surface area contributed by atoms with Gasteiger partial charge in [-0.2, -0.15) is 10.6 Å². The number of amides is 2. The summed E-state index contributed by atoms with van der Waals surface area (Å²) in [7, 11) is -2.84. The minimum atomic E-state index is -2.84. The second kappa shape index (κ2) is 10.7. The molecule has 5 rings (SSSR count). The van der Waals surface area contributed by atoms with Crippen molar-refractivity contribution in [2.75, 3.05) is 43.1 Å². The number of aromatic nitrogens is 2. The number of benzene rings is 1. The number of aliphatic hydroxyl groups excluding tert-OH is 1. The Morgan fingerprint density at radius 3 is 2.59 bits per heavy atom. The number of nitrogens with one attached hydrogen (secondary N) is 2. The number of rotatable bonds is 9. The van der Waals surface area contributed by atoms with E-state index in [2.05, 4.69) is 22.5 Å². The van der Waals surface area contributed by atoms with Gasteiger partial charge in [-0.15, -0.1) is 0 Å². The fourth-order valence-electron chi connectivity index (χ4n) is 5.09. The van der Waals surface area contributed by atoms with Gasteiger partial charge >= 0.3 is 6.03 Å². The van der Waals surface area contributed by atoms with Crippen molar-refractivity contribution in [2.24, 2.45) is 0 Å². The van der Waals surface area contributed by atoms with Gasteiger partial charge in [0.25, 0.3) is 0 Å². The summed E-state index contributed by atoms with van der Waals surface area (Å²) in [5.41, 5.74) is 2.13. The Bertz CT molecular complexity index is 1110. The molecule has 2 heterocycles. The molecule has 5 N–H and O–H groups in total. The molecule has 0 bridgehead atoms. The Labute approximate surface area is 219 Å². The first-order valence-corrected chi connectivity index (χ1v) is 14.7. The first-order valence-electron chi connectivity index (χ1n) is 13.1. The second-order valence-electron chi connectivity index (χ2n) is 10.2. The molecule has 2 aliphatic carbocycles. The van der Waals surface area contributed by atoms with Crippen molar-refractivity contribution in [1.29, 1.82) is 0 Å². The van der Waals surface area contributed by atoms with Crippen LogP contribution in [0.2, 0.25) is 0 Å². The third-order valence-corrected chi connectivity index (χ3v) is 10.8. The maximum Gasteiger partial charge on any atom is 0.319 e. The highest BCUT2D eigenvalue weighted by molar-refractivity contribution is 8.25. The molecule has 37 heavy (non-hydrogen) atoms. The Balaban J connectivity index is 1.47. The van der Waals surface area contributed by atoms with Crippen molar-refractivity contribution in [3.63, 3.8) is 0 Å². The molecule has 0 radical (unpaired) electrons. The molecule has 1 saturated heterocycles. The predicted octanol–water partition coefficient (Wildman–Crippen LogP) is 4.16. The van der Waals surface area contributed by atoms with Gasteiger partial charge in [0.1, 0.15) is 10.6 Å². The molecule has 0 unspecified atom stereocenters. The molecule has 1 aromatic heterocycles. The Kier molecular flexibility index (Phi) is 7.60. The van der Waals surface area contributed by atoms with Gasteiger partial charge in [-0.1, -0.05) is 0 Å². The molecule has 2 amide bonds. The highest BCUT2D eigenvalue weighted by Gasteiger charge is 2.56. The quantitative estimate of drug-likeness (QED) is 0.304. The largest absolute Gasteiger partial charge is 0.396 e. The summed E-state index contributed by atoms with van der Waals surface area (Å²) in [6.45, 7) is 4.45. The Morgan fingerprint density at radius 1 is 1.22 bits per heavy atom. The molecular formula is C26H37N5O5S. The smallest absolute Gasteiger partial charge is 0.319 e. The lowest BCUT2D eigenvalue weighted by molar-refractivity contribution is 0.0985. The van der Waals surface area contributed by atoms with E-state index in [0.717, 1.165) is 36.3 Å². The lowest BCUT2D eigenvalue weighted by Crippen LogP contribution is -2.45. The third kappa shape index (κ3) is 5.28. The van der Waals surface area contributed by atoms with Crippen molar-refractivity contribution in [3.8, 4) is 11.4 Å². The number of carbonyl (C=O) groups is 1. The number of carbonyl (C=O) groups excluding carboxylic acids is 1. The number of urea groups is 1. The molecule has 1 atom stereocenters. The zero-order valence-electron chi connectivity index (χ0n) is 21.2. The van der Waals surface area contributed by atoms with Crippen LogP contribution in [0.4, 0.5) is 16.3 Å². The monoisotopic (exact) mass is 531 g/mol. The average molecular weight is 532 g/mol. The number of nitrogens with zero attached hydrogens (tertiary/aromatic N) is 3. The molecule has 10 nitrogen and oxygen atoms in total. The summed E-state index contributed by atoms with van der Waals surface area (Å²) >= 11 is 0. The first kappa shape index (κ1) is 26.2. The van der Waals surface area contributed by atoms with Gasteiger partial charge in [0, 0.05) is 42.3 Å². The summed E-state index contributed by atoms with van der Waals surface area (Å²) in [6, 6.07) is 9.09. The van der Waals surface area contributed by atoms with Crippen LogP contribution in [0.3, 0.4) is 0 Å². The van der Waals surface area contributed by atoms with Gasteiger partial charge < -0.3 is 25.4 Å². The maximum atomic E-state index is 12.1. The van der Waals surface area contributed by atoms with Crippen LogP contribution in [-0.2, 0) is 9.48 Å². The van der Waals surface area contributed by atoms with E-state index in [4.69, 9.17) is 19.8 Å². The number of hydrogen-bond acceptors (Lipinski definition) is 8. The minimum Gasteiger partial charge on any atom is -0.396 e. The predicted molar refractivity (Wildman–Crippen MR) is 145 cm³/mol. The second-order valence-corrected chi connectivity index (χ2v) is 12.9. The number of anilines is 2. The number of ether oxygens (including phenoxy) is 1. The normalized spacial score (nSPS) is 21.7. The number of morpholine rings is 1. The molecular weight excluding hydrogens is 494 g/mol. The van der Waals surface area contributed by atoms with E-state index in [0.29, 0.717) is 57.1 Å². The van der Waals surface area contributed by atoms with Gasteiger partial charge in [-0.3, -0.25) is 9.11 Å². The molecule has 11 heteroatoms. The highest BCUT2D eigenvalue weighted by atomic mass is 32.3. The lowest BCUT2D eigenvalue weighted by atomic mass is 9.81. The fourth-order valence-corrected chi connectivity index (χ4v) is 7.83. The topological polar surface area (TPSA) is 140 Å². The van der Waals surface area contributed by atoms with Crippen LogP contribution in [0.15, 0.2) is 30.3 Å². The molecule has 0 spiro atoms.